The van der Waals surface area contributed by atoms with Gasteiger partial charge < -0.3 is 15.0 Å². The van der Waals surface area contributed by atoms with E-state index in [4.69, 9.17) is 4.74 Å². The molecule has 1 N–H and O–H groups in total. The molecule has 0 aromatic carbocycles. The molecule has 130 valence electrons. The van der Waals surface area contributed by atoms with E-state index in [9.17, 15) is 9.59 Å². The number of ether oxygens (including phenoxy) is 1. The maximum absolute atomic E-state index is 12.0. The molecule has 1 fully saturated rings. The number of carbonyl (C=O) groups excluding carboxylic acids is 2. The van der Waals surface area contributed by atoms with Gasteiger partial charge in [-0.2, -0.15) is 0 Å². The van der Waals surface area contributed by atoms with Gasteiger partial charge in [0.2, 0.25) is 0 Å². The number of alkyl carbamates (subject to hydrolysis) is 1. The molecule has 0 bridgehead atoms. The molecule has 1 saturated heterocycles. The van der Waals surface area contributed by atoms with Crippen LogP contribution in [-0.2, 0) is 4.74 Å². The number of thiophene rings is 1. The third kappa shape index (κ3) is 6.91. The fourth-order valence-corrected chi connectivity index (χ4v) is 3.74. The maximum Gasteiger partial charge on any atom is 0.407 e. The van der Waals surface area contributed by atoms with Gasteiger partial charge >= 0.3 is 6.09 Å². The van der Waals surface area contributed by atoms with Crippen molar-refractivity contribution in [2.45, 2.75) is 46.1 Å². The van der Waals surface area contributed by atoms with Gasteiger partial charge in [-0.25, -0.2) is 4.79 Å². The lowest BCUT2D eigenvalue weighted by Gasteiger charge is -2.18. The van der Waals surface area contributed by atoms with Gasteiger partial charge in [0.1, 0.15) is 5.60 Å². The SMILES string of the molecule is CNC(=O)OC(C)(C)C.Cc1cc(Br)sc1C(=O)N1CCCC1. The summed E-state index contributed by atoms with van der Waals surface area (Å²) in [7, 11) is 1.54. The highest BCUT2D eigenvalue weighted by Gasteiger charge is 2.22. The molecule has 0 spiro atoms. The van der Waals surface area contributed by atoms with Gasteiger partial charge in [0.05, 0.1) is 8.66 Å². The first kappa shape index (κ1) is 20.0. The summed E-state index contributed by atoms with van der Waals surface area (Å²) in [5.74, 6) is 0.204. The maximum atomic E-state index is 12.0. The predicted octanol–water partition coefficient (Wildman–Crippen LogP) is 4.20. The summed E-state index contributed by atoms with van der Waals surface area (Å²) >= 11 is 4.94. The van der Waals surface area contributed by atoms with Crippen LogP contribution < -0.4 is 5.32 Å². The van der Waals surface area contributed by atoms with Crippen LogP contribution in [-0.4, -0.2) is 42.6 Å². The minimum absolute atomic E-state index is 0.204. The summed E-state index contributed by atoms with van der Waals surface area (Å²) in [4.78, 5) is 25.3. The van der Waals surface area contributed by atoms with Crippen LogP contribution in [0.15, 0.2) is 9.85 Å². The number of rotatable bonds is 1. The number of aryl methyl sites for hydroxylation is 1. The minimum atomic E-state index is -0.389. The number of hydrogen-bond donors (Lipinski definition) is 1. The van der Waals surface area contributed by atoms with Gasteiger partial charge in [-0.05, 0) is 68.1 Å². The van der Waals surface area contributed by atoms with Crippen LogP contribution >= 0.6 is 27.3 Å². The Hall–Kier alpha value is -1.08. The second kappa shape index (κ2) is 8.68. The van der Waals surface area contributed by atoms with Crippen LogP contribution in [0.25, 0.3) is 0 Å². The van der Waals surface area contributed by atoms with Gasteiger partial charge in [-0.15, -0.1) is 11.3 Å². The lowest BCUT2D eigenvalue weighted by molar-refractivity contribution is 0.0541. The zero-order chi connectivity index (χ0) is 17.6. The largest absolute Gasteiger partial charge is 0.444 e. The predicted molar refractivity (Wildman–Crippen MR) is 97.2 cm³/mol. The molecular formula is C16H25BrN2O3S. The number of nitrogens with one attached hydrogen (secondary N) is 1. The first-order chi connectivity index (χ1) is 10.6. The van der Waals surface area contributed by atoms with Crippen molar-refractivity contribution < 1.29 is 14.3 Å². The fourth-order valence-electron chi connectivity index (χ4n) is 2.05. The zero-order valence-electron chi connectivity index (χ0n) is 14.4. The second-order valence-electron chi connectivity index (χ2n) is 6.31. The van der Waals surface area contributed by atoms with Gasteiger partial charge in [0.15, 0.2) is 0 Å². The average Bonchev–Trinajstić information content (AvgIpc) is 3.06. The van der Waals surface area contributed by atoms with E-state index in [1.807, 2.05) is 38.7 Å². The highest BCUT2D eigenvalue weighted by atomic mass is 79.9. The van der Waals surface area contributed by atoms with E-state index < -0.39 is 0 Å². The first-order valence-electron chi connectivity index (χ1n) is 7.60. The Balaban J connectivity index is 0.000000257. The minimum Gasteiger partial charge on any atom is -0.444 e. The third-order valence-corrected chi connectivity index (χ3v) is 4.81. The van der Waals surface area contributed by atoms with Crippen LogP contribution in [0, 0.1) is 6.92 Å². The molecule has 2 amide bonds. The molecule has 23 heavy (non-hydrogen) atoms. The Morgan fingerprint density at radius 1 is 1.30 bits per heavy atom. The molecule has 0 saturated carbocycles. The number of carbonyl (C=O) groups is 2. The van der Waals surface area contributed by atoms with Crippen molar-refractivity contribution in [3.63, 3.8) is 0 Å². The van der Waals surface area contributed by atoms with Gasteiger partial charge in [0.25, 0.3) is 5.91 Å². The molecule has 1 aliphatic rings. The molecule has 1 aromatic heterocycles. The van der Waals surface area contributed by atoms with Crippen molar-refractivity contribution >= 4 is 39.3 Å². The number of nitrogens with zero attached hydrogens (tertiary/aromatic N) is 1. The summed E-state index contributed by atoms with van der Waals surface area (Å²) in [6, 6.07) is 2.01. The first-order valence-corrected chi connectivity index (χ1v) is 9.21. The van der Waals surface area contributed by atoms with Crippen molar-refractivity contribution in [2.24, 2.45) is 0 Å². The van der Waals surface area contributed by atoms with Gasteiger partial charge in [-0.3, -0.25) is 4.79 Å². The van der Waals surface area contributed by atoms with Crippen molar-refractivity contribution in [2.75, 3.05) is 20.1 Å². The molecule has 1 aromatic rings. The highest BCUT2D eigenvalue weighted by Crippen LogP contribution is 2.28. The number of halogens is 1. The summed E-state index contributed by atoms with van der Waals surface area (Å²) < 4.78 is 5.88. The van der Waals surface area contributed by atoms with E-state index in [1.165, 1.54) is 18.4 Å². The topological polar surface area (TPSA) is 58.6 Å². The quantitative estimate of drug-likeness (QED) is 0.762. The van der Waals surface area contributed by atoms with Crippen LogP contribution in [0.1, 0.15) is 48.8 Å². The molecule has 2 heterocycles. The lowest BCUT2D eigenvalue weighted by atomic mass is 10.2. The van der Waals surface area contributed by atoms with E-state index in [1.54, 1.807) is 0 Å². The van der Waals surface area contributed by atoms with E-state index in [-0.39, 0.29) is 17.6 Å². The molecule has 1 aliphatic heterocycles. The molecule has 0 aliphatic carbocycles. The van der Waals surface area contributed by atoms with Crippen molar-refractivity contribution in [1.82, 2.24) is 10.2 Å². The number of hydrogen-bond acceptors (Lipinski definition) is 4. The molecule has 0 atom stereocenters. The van der Waals surface area contributed by atoms with Crippen LogP contribution in [0.5, 0.6) is 0 Å². The van der Waals surface area contributed by atoms with E-state index >= 15 is 0 Å². The standard InChI is InChI=1S/C10H12BrNOS.C6H13NO2/c1-7-6-8(11)14-9(7)10(13)12-4-2-3-5-12;1-6(2,3)9-5(8)7-4/h6H,2-5H2,1H3;1-4H3,(H,7,8). The fraction of sp³-hybridized carbons (Fsp3) is 0.625. The molecule has 5 nitrogen and oxygen atoms in total. The average molecular weight is 405 g/mol. The molecule has 0 unspecified atom stereocenters. The Bertz CT molecular complexity index is 546. The Morgan fingerprint density at radius 3 is 2.22 bits per heavy atom. The van der Waals surface area contributed by atoms with E-state index in [0.717, 1.165) is 40.2 Å². The normalized spacial score (nSPS) is 14.1. The summed E-state index contributed by atoms with van der Waals surface area (Å²) in [5.41, 5.74) is 0.693. The van der Waals surface area contributed by atoms with E-state index in [0.29, 0.717) is 0 Å². The highest BCUT2D eigenvalue weighted by molar-refractivity contribution is 9.11. The van der Waals surface area contributed by atoms with Gasteiger partial charge in [-0.1, -0.05) is 0 Å². The third-order valence-electron chi connectivity index (χ3n) is 3.08. The van der Waals surface area contributed by atoms with Crippen LogP contribution in [0.2, 0.25) is 0 Å². The Labute approximate surface area is 150 Å². The zero-order valence-corrected chi connectivity index (χ0v) is 16.8. The lowest BCUT2D eigenvalue weighted by Crippen LogP contribution is -2.30. The molecule has 0 radical (unpaired) electrons. The van der Waals surface area contributed by atoms with Crippen LogP contribution in [0.4, 0.5) is 4.79 Å². The Kier molecular flexibility index (Phi) is 7.54. The number of likely N-dealkylation sites (tertiary alicyclic amines) is 1. The van der Waals surface area contributed by atoms with Gasteiger partial charge in [0, 0.05) is 20.1 Å². The van der Waals surface area contributed by atoms with Crippen molar-refractivity contribution in [3.05, 3.63) is 20.3 Å². The molecular weight excluding hydrogens is 380 g/mol. The summed E-state index contributed by atoms with van der Waals surface area (Å²) in [6.07, 6.45) is 1.91. The summed E-state index contributed by atoms with van der Waals surface area (Å²) in [5, 5.41) is 2.36. The second-order valence-corrected chi connectivity index (χ2v) is 8.75. The summed E-state index contributed by atoms with van der Waals surface area (Å²) in [6.45, 7) is 9.30. The monoisotopic (exact) mass is 404 g/mol. The van der Waals surface area contributed by atoms with E-state index in [2.05, 4.69) is 21.2 Å². The van der Waals surface area contributed by atoms with Crippen molar-refractivity contribution in [1.29, 1.82) is 0 Å². The van der Waals surface area contributed by atoms with Crippen molar-refractivity contribution in [3.8, 4) is 0 Å². The van der Waals surface area contributed by atoms with Crippen LogP contribution in [0.3, 0.4) is 0 Å². The molecule has 7 heteroatoms. The Morgan fingerprint density at radius 2 is 1.87 bits per heavy atom. The number of amides is 2. The molecule has 2 rings (SSSR count). The smallest absolute Gasteiger partial charge is 0.407 e.